The van der Waals surface area contributed by atoms with E-state index in [1.54, 1.807) is 9.20 Å². The van der Waals surface area contributed by atoms with Crippen LogP contribution in [0, 0.1) is 27.7 Å². The van der Waals surface area contributed by atoms with Crippen LogP contribution in [0.3, 0.4) is 0 Å². The van der Waals surface area contributed by atoms with Gasteiger partial charge in [0.25, 0.3) is 5.78 Å². The summed E-state index contributed by atoms with van der Waals surface area (Å²) in [5, 5.41) is 19.7. The SMILES string of the molecule is CSc1nc2nc(C)c(CC(=O)Nc3ccc(C)c(-n4nnnc4C)c3)c(C)n2n1. The van der Waals surface area contributed by atoms with Gasteiger partial charge in [0.05, 0.1) is 12.1 Å². The predicted octanol–water partition coefficient (Wildman–Crippen LogP) is 2.24. The van der Waals surface area contributed by atoms with Crippen molar-refractivity contribution in [2.75, 3.05) is 11.6 Å². The van der Waals surface area contributed by atoms with E-state index in [-0.39, 0.29) is 12.3 Å². The summed E-state index contributed by atoms with van der Waals surface area (Å²) < 4.78 is 3.33. The van der Waals surface area contributed by atoms with E-state index in [0.717, 1.165) is 28.2 Å². The topological polar surface area (TPSA) is 116 Å². The average molecular weight is 424 g/mol. The molecule has 154 valence electrons. The lowest BCUT2D eigenvalue weighted by atomic mass is 10.1. The molecule has 0 bridgehead atoms. The van der Waals surface area contributed by atoms with Crippen molar-refractivity contribution in [3.63, 3.8) is 0 Å². The van der Waals surface area contributed by atoms with Crippen LogP contribution < -0.4 is 5.32 Å². The molecule has 0 saturated heterocycles. The zero-order valence-corrected chi connectivity index (χ0v) is 18.1. The van der Waals surface area contributed by atoms with Gasteiger partial charge in [-0.3, -0.25) is 4.79 Å². The molecule has 3 heterocycles. The summed E-state index contributed by atoms with van der Waals surface area (Å²) >= 11 is 1.45. The molecular formula is C19H21N9OS. The number of hydrogen-bond acceptors (Lipinski definition) is 8. The molecule has 0 saturated carbocycles. The van der Waals surface area contributed by atoms with Crippen LogP contribution in [0.2, 0.25) is 0 Å². The number of thioether (sulfide) groups is 1. The van der Waals surface area contributed by atoms with E-state index in [0.29, 0.717) is 22.4 Å². The minimum atomic E-state index is -0.143. The normalized spacial score (nSPS) is 11.2. The smallest absolute Gasteiger partial charge is 0.253 e. The van der Waals surface area contributed by atoms with Crippen LogP contribution in [0.4, 0.5) is 5.69 Å². The molecule has 3 aromatic heterocycles. The molecule has 0 aliphatic rings. The first kappa shape index (κ1) is 20.0. The zero-order valence-electron chi connectivity index (χ0n) is 17.3. The molecule has 1 N–H and O–H groups in total. The fourth-order valence-corrected chi connectivity index (χ4v) is 3.60. The highest BCUT2D eigenvalue weighted by Crippen LogP contribution is 2.21. The number of aryl methyl sites for hydroxylation is 4. The highest BCUT2D eigenvalue weighted by atomic mass is 32.2. The highest BCUT2D eigenvalue weighted by Gasteiger charge is 2.16. The molecule has 0 atom stereocenters. The van der Waals surface area contributed by atoms with Crippen LogP contribution in [0.1, 0.15) is 28.3 Å². The van der Waals surface area contributed by atoms with Crippen molar-refractivity contribution in [2.24, 2.45) is 0 Å². The number of hydrogen-bond donors (Lipinski definition) is 1. The number of benzene rings is 1. The Morgan fingerprint density at radius 2 is 1.97 bits per heavy atom. The van der Waals surface area contributed by atoms with Crippen molar-refractivity contribution in [1.82, 2.24) is 39.8 Å². The molecule has 0 radical (unpaired) electrons. The number of aromatic nitrogens is 8. The lowest BCUT2D eigenvalue weighted by Crippen LogP contribution is -2.18. The lowest BCUT2D eigenvalue weighted by Gasteiger charge is -2.12. The van der Waals surface area contributed by atoms with Gasteiger partial charge < -0.3 is 5.32 Å². The molecule has 1 aromatic carbocycles. The van der Waals surface area contributed by atoms with Crippen LogP contribution in [0.25, 0.3) is 11.5 Å². The standard InChI is InChI=1S/C19H21N9OS/c1-10-6-7-14(8-16(10)28-13(4)23-25-26-28)21-17(29)9-15-11(2)20-18-22-19(30-5)24-27(18)12(15)3/h6-8H,9H2,1-5H3,(H,21,29). The number of tetrazole rings is 1. The third-order valence-corrected chi connectivity index (χ3v) is 5.43. The monoisotopic (exact) mass is 423 g/mol. The van der Waals surface area contributed by atoms with E-state index < -0.39 is 0 Å². The number of nitrogens with one attached hydrogen (secondary N) is 1. The molecule has 1 amide bonds. The van der Waals surface area contributed by atoms with Gasteiger partial charge in [-0.25, -0.2) is 9.50 Å². The van der Waals surface area contributed by atoms with E-state index in [1.165, 1.54) is 11.8 Å². The minimum absolute atomic E-state index is 0.143. The first-order chi connectivity index (χ1) is 14.4. The van der Waals surface area contributed by atoms with E-state index in [1.807, 2.05) is 52.1 Å². The maximum absolute atomic E-state index is 12.8. The highest BCUT2D eigenvalue weighted by molar-refractivity contribution is 7.98. The predicted molar refractivity (Wildman–Crippen MR) is 113 cm³/mol. The summed E-state index contributed by atoms with van der Waals surface area (Å²) in [6.07, 6.45) is 2.10. The number of rotatable bonds is 5. The van der Waals surface area contributed by atoms with Gasteiger partial charge in [0.2, 0.25) is 11.1 Å². The first-order valence-corrected chi connectivity index (χ1v) is 10.5. The van der Waals surface area contributed by atoms with Gasteiger partial charge in [-0.2, -0.15) is 9.67 Å². The molecule has 0 spiro atoms. The summed E-state index contributed by atoms with van der Waals surface area (Å²) in [5.41, 5.74) is 4.95. The van der Waals surface area contributed by atoms with Gasteiger partial charge in [-0.15, -0.1) is 10.2 Å². The average Bonchev–Trinajstić information content (AvgIpc) is 3.32. The van der Waals surface area contributed by atoms with Crippen molar-refractivity contribution in [3.8, 4) is 5.69 Å². The molecule has 0 fully saturated rings. The number of anilines is 1. The second kappa shape index (κ2) is 7.82. The van der Waals surface area contributed by atoms with Gasteiger partial charge in [0.1, 0.15) is 0 Å². The molecule has 4 aromatic rings. The molecule has 4 rings (SSSR count). The Morgan fingerprint density at radius 3 is 2.67 bits per heavy atom. The summed E-state index contributed by atoms with van der Waals surface area (Å²) in [4.78, 5) is 21.7. The first-order valence-electron chi connectivity index (χ1n) is 9.30. The lowest BCUT2D eigenvalue weighted by molar-refractivity contribution is -0.115. The number of nitrogens with zero attached hydrogens (tertiary/aromatic N) is 8. The van der Waals surface area contributed by atoms with Crippen LogP contribution in [-0.4, -0.2) is 52.0 Å². The number of fused-ring (bicyclic) bond motifs is 1. The molecular weight excluding hydrogens is 402 g/mol. The number of carbonyl (C=O) groups excluding carboxylic acids is 1. The van der Waals surface area contributed by atoms with Gasteiger partial charge in [0, 0.05) is 22.6 Å². The van der Waals surface area contributed by atoms with Gasteiger partial charge >= 0.3 is 0 Å². The molecule has 30 heavy (non-hydrogen) atoms. The minimum Gasteiger partial charge on any atom is -0.326 e. The van der Waals surface area contributed by atoms with Crippen LogP contribution >= 0.6 is 11.8 Å². The molecule has 0 aliphatic heterocycles. The Bertz CT molecular complexity index is 1260. The van der Waals surface area contributed by atoms with Crippen molar-refractivity contribution in [1.29, 1.82) is 0 Å². The number of amides is 1. The van der Waals surface area contributed by atoms with Crippen molar-refractivity contribution < 1.29 is 4.79 Å². The molecule has 10 nitrogen and oxygen atoms in total. The maximum atomic E-state index is 12.8. The Balaban J connectivity index is 1.59. The largest absolute Gasteiger partial charge is 0.326 e. The van der Waals surface area contributed by atoms with Crippen molar-refractivity contribution in [3.05, 3.63) is 46.5 Å². The number of carbonyl (C=O) groups is 1. The summed E-state index contributed by atoms with van der Waals surface area (Å²) in [6, 6.07) is 5.65. The van der Waals surface area contributed by atoms with Crippen molar-refractivity contribution in [2.45, 2.75) is 39.3 Å². The second-order valence-corrected chi connectivity index (χ2v) is 7.71. The fraction of sp³-hybridized carbons (Fsp3) is 0.316. The Labute approximate surface area is 177 Å². The summed E-state index contributed by atoms with van der Waals surface area (Å²) in [7, 11) is 0. The Kier molecular flexibility index (Phi) is 5.20. The van der Waals surface area contributed by atoms with E-state index >= 15 is 0 Å². The van der Waals surface area contributed by atoms with Gasteiger partial charge in [-0.1, -0.05) is 17.8 Å². The third-order valence-electron chi connectivity index (χ3n) is 4.90. The van der Waals surface area contributed by atoms with Crippen LogP contribution in [0.5, 0.6) is 0 Å². The van der Waals surface area contributed by atoms with Crippen LogP contribution in [-0.2, 0) is 11.2 Å². The van der Waals surface area contributed by atoms with Crippen molar-refractivity contribution >= 4 is 29.1 Å². The fourth-order valence-electron chi connectivity index (χ4n) is 3.27. The Morgan fingerprint density at radius 1 is 1.17 bits per heavy atom. The zero-order chi connectivity index (χ0) is 21.4. The van der Waals surface area contributed by atoms with E-state index in [4.69, 9.17) is 0 Å². The van der Waals surface area contributed by atoms with Crippen LogP contribution in [0.15, 0.2) is 23.4 Å². The van der Waals surface area contributed by atoms with E-state index in [9.17, 15) is 4.79 Å². The Hall–Kier alpha value is -3.34. The quantitative estimate of drug-likeness (QED) is 0.486. The summed E-state index contributed by atoms with van der Waals surface area (Å²) in [6.45, 7) is 7.60. The molecule has 11 heteroatoms. The maximum Gasteiger partial charge on any atom is 0.253 e. The summed E-state index contributed by atoms with van der Waals surface area (Å²) in [5.74, 6) is 1.07. The molecule has 0 unspecified atom stereocenters. The second-order valence-electron chi connectivity index (χ2n) is 6.94. The third kappa shape index (κ3) is 3.63. The van der Waals surface area contributed by atoms with Gasteiger partial charge in [-0.05, 0) is 62.1 Å². The van der Waals surface area contributed by atoms with E-state index in [2.05, 4.69) is 35.9 Å². The molecule has 0 aliphatic carbocycles. The van der Waals surface area contributed by atoms with Gasteiger partial charge in [0.15, 0.2) is 5.82 Å².